The monoisotopic (exact) mass is 546 g/mol. The molecule has 210 valence electrons. The highest BCUT2D eigenvalue weighted by molar-refractivity contribution is 8.13. The summed E-state index contributed by atoms with van der Waals surface area (Å²) in [6, 6.07) is 6.84. The molecule has 3 atom stereocenters. The van der Waals surface area contributed by atoms with Crippen LogP contribution >= 0.6 is 11.8 Å². The van der Waals surface area contributed by atoms with E-state index in [1.165, 1.54) is 6.92 Å². The minimum atomic E-state index is -0.871. The molecule has 1 heterocycles. The predicted molar refractivity (Wildman–Crippen MR) is 149 cm³/mol. The van der Waals surface area contributed by atoms with Crippen molar-refractivity contribution in [3.63, 3.8) is 0 Å². The average Bonchev–Trinajstić information content (AvgIpc) is 2.86. The first kappa shape index (κ1) is 31.3. The van der Waals surface area contributed by atoms with Crippen LogP contribution in [-0.2, 0) is 30.4 Å². The van der Waals surface area contributed by atoms with Crippen LogP contribution in [0.1, 0.15) is 71.3 Å². The Morgan fingerprint density at radius 1 is 0.947 bits per heavy atom. The molecule has 10 heteroatoms. The molecule has 1 aromatic rings. The van der Waals surface area contributed by atoms with Gasteiger partial charge in [-0.25, -0.2) is 0 Å². The van der Waals surface area contributed by atoms with Gasteiger partial charge in [-0.2, -0.15) is 0 Å². The highest BCUT2D eigenvalue weighted by Gasteiger charge is 2.29. The van der Waals surface area contributed by atoms with Crippen molar-refractivity contribution in [2.24, 2.45) is 5.92 Å². The Balaban J connectivity index is 2.27. The molecule has 1 aliphatic heterocycles. The Kier molecular flexibility index (Phi) is 13.9. The third kappa shape index (κ3) is 12.1. The van der Waals surface area contributed by atoms with Gasteiger partial charge in [0.1, 0.15) is 18.1 Å². The summed E-state index contributed by atoms with van der Waals surface area (Å²) in [4.78, 5) is 63.8. The molecular weight excluding hydrogens is 504 g/mol. The molecule has 1 fully saturated rings. The molecule has 4 N–H and O–H groups in total. The van der Waals surface area contributed by atoms with Crippen molar-refractivity contribution < 1.29 is 24.0 Å². The maximum atomic E-state index is 13.4. The second kappa shape index (κ2) is 16.9. The van der Waals surface area contributed by atoms with E-state index in [-0.39, 0.29) is 40.9 Å². The number of rotatable bonds is 5. The van der Waals surface area contributed by atoms with Gasteiger partial charge in [-0.15, -0.1) is 0 Å². The second-order valence-electron chi connectivity index (χ2n) is 10.2. The van der Waals surface area contributed by atoms with Crippen molar-refractivity contribution in [3.05, 3.63) is 35.9 Å². The standard InChI is InChI=1S/C28H42N4O5S/c1-19(2)16-22-27(36)32-23(17-21-12-8-7-9-13-21)28(37)38-18-24(30-20(3)33)26(35)29-15-11-6-4-5-10-14-25(34)31-22/h7-9,12-13,19,22-24H,4-6,10-11,14-18H2,1-3H3,(H,29,35)(H,30,33)(H,31,34)(H,32,36)/t22-,23-,24-/m0/s1. The molecule has 1 saturated heterocycles. The molecule has 1 aromatic carbocycles. The van der Waals surface area contributed by atoms with Crippen LogP contribution in [0.25, 0.3) is 0 Å². The molecule has 0 aliphatic carbocycles. The summed E-state index contributed by atoms with van der Waals surface area (Å²) < 4.78 is 0. The Morgan fingerprint density at radius 2 is 1.63 bits per heavy atom. The van der Waals surface area contributed by atoms with Gasteiger partial charge < -0.3 is 21.3 Å². The molecule has 0 aromatic heterocycles. The third-order valence-electron chi connectivity index (χ3n) is 6.21. The Labute approximate surface area is 230 Å². The normalized spacial score (nSPS) is 23.3. The number of hydrogen-bond donors (Lipinski definition) is 4. The maximum absolute atomic E-state index is 13.4. The number of benzene rings is 1. The van der Waals surface area contributed by atoms with Gasteiger partial charge in [0.2, 0.25) is 28.7 Å². The van der Waals surface area contributed by atoms with Gasteiger partial charge in [-0.3, -0.25) is 24.0 Å². The van der Waals surface area contributed by atoms with E-state index < -0.39 is 24.0 Å². The van der Waals surface area contributed by atoms with Gasteiger partial charge in [0.25, 0.3) is 0 Å². The molecule has 38 heavy (non-hydrogen) atoms. The molecule has 9 nitrogen and oxygen atoms in total. The van der Waals surface area contributed by atoms with E-state index >= 15 is 0 Å². The number of carbonyl (C=O) groups excluding carboxylic acids is 5. The van der Waals surface area contributed by atoms with Crippen molar-refractivity contribution in [2.45, 2.75) is 90.3 Å². The van der Waals surface area contributed by atoms with Crippen LogP contribution in [0.15, 0.2) is 30.3 Å². The fraction of sp³-hybridized carbons (Fsp3) is 0.607. The first-order valence-electron chi connectivity index (χ1n) is 13.5. The fourth-order valence-corrected chi connectivity index (χ4v) is 5.16. The zero-order valence-corrected chi connectivity index (χ0v) is 23.5. The minimum Gasteiger partial charge on any atom is -0.354 e. The molecule has 4 amide bonds. The lowest BCUT2D eigenvalue weighted by Crippen LogP contribution is -2.52. The van der Waals surface area contributed by atoms with Crippen LogP contribution < -0.4 is 21.3 Å². The van der Waals surface area contributed by atoms with Crippen LogP contribution in [-0.4, -0.2) is 59.2 Å². The Bertz CT molecular complexity index is 940. The topological polar surface area (TPSA) is 133 Å². The number of hydrogen-bond acceptors (Lipinski definition) is 6. The highest BCUT2D eigenvalue weighted by atomic mass is 32.2. The van der Waals surface area contributed by atoms with Crippen molar-refractivity contribution in [3.8, 4) is 0 Å². The summed E-state index contributed by atoms with van der Waals surface area (Å²) in [6.45, 7) is 5.75. The van der Waals surface area contributed by atoms with Gasteiger partial charge in [0.15, 0.2) is 0 Å². The van der Waals surface area contributed by atoms with Gasteiger partial charge in [-0.05, 0) is 30.7 Å². The smallest absolute Gasteiger partial charge is 0.243 e. The lowest BCUT2D eigenvalue weighted by atomic mass is 10.0. The summed E-state index contributed by atoms with van der Waals surface area (Å²) in [6.07, 6.45) is 5.24. The zero-order valence-electron chi connectivity index (χ0n) is 22.7. The molecule has 2 rings (SSSR count). The van der Waals surface area contributed by atoms with Crippen LogP contribution in [0.4, 0.5) is 0 Å². The summed E-state index contributed by atoms with van der Waals surface area (Å²) in [5.41, 5.74) is 0.866. The number of amides is 4. The Morgan fingerprint density at radius 3 is 2.32 bits per heavy atom. The van der Waals surface area contributed by atoms with E-state index in [4.69, 9.17) is 0 Å². The summed E-state index contributed by atoms with van der Waals surface area (Å²) >= 11 is 0.905. The summed E-state index contributed by atoms with van der Waals surface area (Å²) in [5.74, 6) is -1.09. The van der Waals surface area contributed by atoms with Crippen molar-refractivity contribution in [1.82, 2.24) is 21.3 Å². The van der Waals surface area contributed by atoms with Gasteiger partial charge in [0, 0.05) is 32.1 Å². The van der Waals surface area contributed by atoms with Crippen molar-refractivity contribution in [2.75, 3.05) is 12.3 Å². The molecule has 0 radical (unpaired) electrons. The van der Waals surface area contributed by atoms with E-state index in [0.29, 0.717) is 25.8 Å². The highest BCUT2D eigenvalue weighted by Crippen LogP contribution is 2.15. The van der Waals surface area contributed by atoms with E-state index in [9.17, 15) is 24.0 Å². The van der Waals surface area contributed by atoms with Crippen LogP contribution in [0.2, 0.25) is 0 Å². The maximum Gasteiger partial charge on any atom is 0.243 e. The number of thioether (sulfide) groups is 1. The van der Waals surface area contributed by atoms with Gasteiger partial charge >= 0.3 is 0 Å². The van der Waals surface area contributed by atoms with Crippen LogP contribution in [0.3, 0.4) is 0 Å². The van der Waals surface area contributed by atoms with Crippen LogP contribution in [0.5, 0.6) is 0 Å². The SMILES string of the molecule is CC(=O)N[C@H]1CSC(=O)[C@H](Cc2ccccc2)NC(=O)[C@H](CC(C)C)NC(=O)CCCCCCCNC1=O. The Hall–Kier alpha value is -2.88. The number of carbonyl (C=O) groups is 5. The largest absolute Gasteiger partial charge is 0.354 e. The lowest BCUT2D eigenvalue weighted by Gasteiger charge is -2.24. The molecule has 0 unspecified atom stereocenters. The quantitative estimate of drug-likeness (QED) is 0.448. The lowest BCUT2D eigenvalue weighted by molar-refractivity contribution is -0.130. The summed E-state index contributed by atoms with van der Waals surface area (Å²) in [7, 11) is 0. The average molecular weight is 547 g/mol. The van der Waals surface area contributed by atoms with E-state index in [2.05, 4.69) is 21.3 Å². The first-order chi connectivity index (χ1) is 18.2. The summed E-state index contributed by atoms with van der Waals surface area (Å²) in [5, 5.41) is 10.9. The first-order valence-corrected chi connectivity index (χ1v) is 14.5. The van der Waals surface area contributed by atoms with E-state index in [1.54, 1.807) is 0 Å². The van der Waals surface area contributed by atoms with Gasteiger partial charge in [-0.1, -0.05) is 75.2 Å². The second-order valence-corrected chi connectivity index (χ2v) is 11.2. The molecule has 0 bridgehead atoms. The van der Waals surface area contributed by atoms with Crippen LogP contribution in [0, 0.1) is 5.92 Å². The molecule has 0 saturated carbocycles. The van der Waals surface area contributed by atoms with Crippen molar-refractivity contribution in [1.29, 1.82) is 0 Å². The third-order valence-corrected chi connectivity index (χ3v) is 7.28. The predicted octanol–water partition coefficient (Wildman–Crippen LogP) is 2.48. The number of nitrogens with one attached hydrogen (secondary N) is 4. The van der Waals surface area contributed by atoms with E-state index in [0.717, 1.165) is 43.0 Å². The molecular formula is C28H42N4O5S. The molecule has 0 spiro atoms. The van der Waals surface area contributed by atoms with Crippen molar-refractivity contribution >= 4 is 40.5 Å². The zero-order chi connectivity index (χ0) is 27.9. The van der Waals surface area contributed by atoms with Gasteiger partial charge in [0.05, 0.1) is 0 Å². The minimum absolute atomic E-state index is 0.0393. The molecule has 1 aliphatic rings. The van der Waals surface area contributed by atoms with E-state index in [1.807, 2.05) is 44.2 Å². The fourth-order valence-electron chi connectivity index (χ4n) is 4.25.